The molecule has 4 rings (SSSR count). The van der Waals surface area contributed by atoms with Crippen LogP contribution in [0.4, 0.5) is 5.95 Å². The zero-order valence-electron chi connectivity index (χ0n) is 18.5. The van der Waals surface area contributed by atoms with Gasteiger partial charge in [-0.3, -0.25) is 4.79 Å². The molecule has 1 aromatic carbocycles. The molecule has 1 saturated heterocycles. The molecule has 2 aromatic heterocycles. The Kier molecular flexibility index (Phi) is 6.76. The number of aliphatic hydroxyl groups is 2. The third kappa shape index (κ3) is 4.77. The maximum Gasteiger partial charge on any atom is 0.251 e. The predicted octanol–water partition coefficient (Wildman–Crippen LogP) is 3.14. The number of carbonyl (C=O) groups excluding carboxylic acids is 1. The van der Waals surface area contributed by atoms with Crippen molar-refractivity contribution in [1.29, 1.82) is 0 Å². The van der Waals surface area contributed by atoms with Crippen molar-refractivity contribution in [2.45, 2.75) is 51.5 Å². The summed E-state index contributed by atoms with van der Waals surface area (Å²) in [6, 6.07) is 3.56. The molecule has 1 fully saturated rings. The van der Waals surface area contributed by atoms with Crippen LogP contribution in [0.1, 0.15) is 33.2 Å². The lowest BCUT2D eigenvalue weighted by atomic mass is 10.0. The molecule has 0 saturated carbocycles. The number of rotatable bonds is 5. The van der Waals surface area contributed by atoms with Gasteiger partial charge in [0.15, 0.2) is 0 Å². The van der Waals surface area contributed by atoms with E-state index in [0.717, 1.165) is 11.1 Å². The second kappa shape index (κ2) is 9.42. The number of benzene rings is 1. The first-order chi connectivity index (χ1) is 15.7. The van der Waals surface area contributed by atoms with Gasteiger partial charge in [-0.05, 0) is 39.3 Å². The fourth-order valence-electron chi connectivity index (χ4n) is 4.01. The predicted molar refractivity (Wildman–Crippen MR) is 127 cm³/mol. The van der Waals surface area contributed by atoms with Crippen LogP contribution in [-0.2, 0) is 4.79 Å². The van der Waals surface area contributed by atoms with Crippen LogP contribution in [0.5, 0.6) is 0 Å². The molecule has 3 N–H and O–H groups in total. The van der Waals surface area contributed by atoms with Gasteiger partial charge in [-0.15, -0.1) is 0 Å². The molecule has 3 atom stereocenters. The first kappa shape index (κ1) is 23.7. The van der Waals surface area contributed by atoms with Crippen LogP contribution in [0, 0.1) is 0 Å². The molecule has 0 aliphatic carbocycles. The van der Waals surface area contributed by atoms with E-state index in [4.69, 9.17) is 23.2 Å². The van der Waals surface area contributed by atoms with Crippen LogP contribution in [-0.4, -0.2) is 71.9 Å². The molecule has 0 spiro atoms. The van der Waals surface area contributed by atoms with Gasteiger partial charge in [0.2, 0.25) is 5.95 Å². The number of halogens is 2. The Hall–Kier alpha value is -2.46. The Morgan fingerprint density at radius 2 is 1.97 bits per heavy atom. The largest absolute Gasteiger partial charge is 0.389 e. The third-order valence-corrected chi connectivity index (χ3v) is 6.34. The first-order valence-corrected chi connectivity index (χ1v) is 11.5. The van der Waals surface area contributed by atoms with Crippen LogP contribution in [0.3, 0.4) is 0 Å². The summed E-state index contributed by atoms with van der Waals surface area (Å²) < 4.78 is 2.03. The van der Waals surface area contributed by atoms with Crippen molar-refractivity contribution in [3.05, 3.63) is 34.7 Å². The van der Waals surface area contributed by atoms with Crippen molar-refractivity contribution < 1.29 is 15.0 Å². The molecule has 0 radical (unpaired) electrons. The number of hydrogen-bond acceptors (Lipinski definition) is 7. The van der Waals surface area contributed by atoms with Crippen molar-refractivity contribution >= 4 is 46.1 Å². The summed E-state index contributed by atoms with van der Waals surface area (Å²) >= 11 is 12.9. The van der Waals surface area contributed by atoms with Crippen molar-refractivity contribution in [3.8, 4) is 11.3 Å². The Morgan fingerprint density at radius 3 is 2.64 bits per heavy atom. The third-order valence-electron chi connectivity index (χ3n) is 5.77. The number of amides is 1. The van der Waals surface area contributed by atoms with Crippen LogP contribution in [0.25, 0.3) is 22.3 Å². The number of β-amino-alcohol motifs (C(OH)–C–C–N with tert-alkyl or cyclic N) is 1. The molecule has 9 nitrogen and oxygen atoms in total. The normalized spacial score (nSPS) is 19.8. The number of fused-ring (bicyclic) bond motifs is 1. The average molecular weight is 493 g/mol. The molecule has 176 valence electrons. The smallest absolute Gasteiger partial charge is 0.251 e. The van der Waals surface area contributed by atoms with Gasteiger partial charge < -0.3 is 25.0 Å². The van der Waals surface area contributed by atoms with Crippen LogP contribution in [0.2, 0.25) is 10.0 Å². The van der Waals surface area contributed by atoms with Gasteiger partial charge in [-0.25, -0.2) is 15.0 Å². The number of nitrogens with zero attached hydrogens (tertiary/aromatic N) is 5. The van der Waals surface area contributed by atoms with Gasteiger partial charge in [0.05, 0.1) is 45.9 Å². The number of likely N-dealkylation sites (tertiary alicyclic amines) is 1. The molecule has 1 aliphatic heterocycles. The van der Waals surface area contributed by atoms with Gasteiger partial charge in [0.1, 0.15) is 11.6 Å². The van der Waals surface area contributed by atoms with E-state index in [1.807, 2.05) is 10.6 Å². The minimum Gasteiger partial charge on any atom is -0.389 e. The zero-order valence-corrected chi connectivity index (χ0v) is 20.0. The molecule has 0 bridgehead atoms. The standard InChI is InChI=1S/C22H26Cl2N6O3/c1-11(2)30-10-26-20-14(23)6-13(7-17(20)30)19-15(24)8-25-22(28-19)27-16-4-5-29(9-18(16)32)21(33)12(3)31/h6-8,10-12,16,18,31-32H,4-5,9H2,1-3H3,(H,25,27,28)/t12?,16-,18-/m1/s1. The highest BCUT2D eigenvalue weighted by Crippen LogP contribution is 2.34. The molecule has 1 aliphatic rings. The summed E-state index contributed by atoms with van der Waals surface area (Å²) in [4.78, 5) is 26.7. The molecule has 3 heterocycles. The van der Waals surface area contributed by atoms with Gasteiger partial charge in [0.25, 0.3) is 5.91 Å². The zero-order chi connectivity index (χ0) is 23.9. The average Bonchev–Trinajstić information content (AvgIpc) is 3.20. The molecular weight excluding hydrogens is 467 g/mol. The lowest BCUT2D eigenvalue weighted by molar-refractivity contribution is -0.142. The number of imidazole rings is 1. The molecule has 1 unspecified atom stereocenters. The van der Waals surface area contributed by atoms with Crippen molar-refractivity contribution in [2.75, 3.05) is 18.4 Å². The summed E-state index contributed by atoms with van der Waals surface area (Å²) in [5, 5.41) is 24.1. The van der Waals surface area contributed by atoms with E-state index in [1.165, 1.54) is 18.0 Å². The van der Waals surface area contributed by atoms with Crippen molar-refractivity contribution in [1.82, 2.24) is 24.4 Å². The Morgan fingerprint density at radius 1 is 1.21 bits per heavy atom. The van der Waals surface area contributed by atoms with E-state index < -0.39 is 18.1 Å². The van der Waals surface area contributed by atoms with E-state index in [2.05, 4.69) is 34.1 Å². The maximum absolute atomic E-state index is 12.0. The fourth-order valence-corrected chi connectivity index (χ4v) is 4.47. The fraction of sp³-hybridized carbons (Fsp3) is 0.455. The second-order valence-electron chi connectivity index (χ2n) is 8.53. The minimum atomic E-state index is -1.10. The topological polar surface area (TPSA) is 116 Å². The molecule has 11 heteroatoms. The molecule has 1 amide bonds. The van der Waals surface area contributed by atoms with Crippen LogP contribution < -0.4 is 5.32 Å². The van der Waals surface area contributed by atoms with Gasteiger partial charge in [0, 0.05) is 24.7 Å². The highest BCUT2D eigenvalue weighted by molar-refractivity contribution is 6.36. The SMILES string of the molecule is CC(O)C(=O)N1CC[C@@H](Nc2ncc(Cl)c(-c3cc(Cl)c4ncn(C(C)C)c4c3)n2)[C@H](O)C1. The van der Waals surface area contributed by atoms with Crippen molar-refractivity contribution in [3.63, 3.8) is 0 Å². The second-order valence-corrected chi connectivity index (χ2v) is 9.34. The maximum atomic E-state index is 12.0. The molecule has 3 aromatic rings. The Bertz CT molecular complexity index is 1180. The quantitative estimate of drug-likeness (QED) is 0.500. The first-order valence-electron chi connectivity index (χ1n) is 10.8. The monoisotopic (exact) mass is 492 g/mol. The lowest BCUT2D eigenvalue weighted by Gasteiger charge is -2.36. The summed E-state index contributed by atoms with van der Waals surface area (Å²) in [6.45, 7) is 6.07. The van der Waals surface area contributed by atoms with E-state index in [-0.39, 0.29) is 18.6 Å². The van der Waals surface area contributed by atoms with Gasteiger partial charge >= 0.3 is 0 Å². The van der Waals surface area contributed by atoms with E-state index >= 15 is 0 Å². The summed E-state index contributed by atoms with van der Waals surface area (Å²) in [6.07, 6.45) is 1.81. The Balaban J connectivity index is 1.59. The minimum absolute atomic E-state index is 0.118. The summed E-state index contributed by atoms with van der Waals surface area (Å²) in [5.74, 6) is -0.0900. The number of carbonyl (C=O) groups is 1. The van der Waals surface area contributed by atoms with Crippen molar-refractivity contribution in [2.24, 2.45) is 0 Å². The number of nitrogens with one attached hydrogen (secondary N) is 1. The van der Waals surface area contributed by atoms with Crippen LogP contribution >= 0.6 is 23.2 Å². The van der Waals surface area contributed by atoms with Crippen LogP contribution in [0.15, 0.2) is 24.7 Å². The summed E-state index contributed by atoms with van der Waals surface area (Å²) in [5.41, 5.74) is 2.82. The lowest BCUT2D eigenvalue weighted by Crippen LogP contribution is -2.53. The number of aromatic nitrogens is 4. The van der Waals surface area contributed by atoms with E-state index in [0.29, 0.717) is 40.2 Å². The number of piperidine rings is 1. The molecular formula is C22H26Cl2N6O3. The molecule has 33 heavy (non-hydrogen) atoms. The summed E-state index contributed by atoms with van der Waals surface area (Å²) in [7, 11) is 0. The number of hydrogen-bond donors (Lipinski definition) is 3. The number of aliphatic hydroxyl groups excluding tert-OH is 2. The van der Waals surface area contributed by atoms with E-state index in [1.54, 1.807) is 12.4 Å². The Labute approximate surface area is 201 Å². The highest BCUT2D eigenvalue weighted by atomic mass is 35.5. The van der Waals surface area contributed by atoms with Gasteiger partial charge in [-0.2, -0.15) is 0 Å². The number of anilines is 1. The van der Waals surface area contributed by atoms with Gasteiger partial charge in [-0.1, -0.05) is 23.2 Å². The highest BCUT2D eigenvalue weighted by Gasteiger charge is 2.32. The van der Waals surface area contributed by atoms with E-state index in [9.17, 15) is 15.0 Å².